The highest BCUT2D eigenvalue weighted by Crippen LogP contribution is 2.04. The van der Waals surface area contributed by atoms with Crippen molar-refractivity contribution in [2.24, 2.45) is 0 Å². The molecule has 0 aliphatic carbocycles. The average molecular weight is 190 g/mol. The Morgan fingerprint density at radius 1 is 1.36 bits per heavy atom. The molecule has 0 aliphatic rings. The second-order valence-corrected chi connectivity index (χ2v) is 2.96. The van der Waals surface area contributed by atoms with Crippen LogP contribution in [0.1, 0.15) is 11.1 Å². The van der Waals surface area contributed by atoms with Crippen LogP contribution in [0.4, 0.5) is 0 Å². The van der Waals surface area contributed by atoms with Crippen LogP contribution >= 0.6 is 0 Å². The van der Waals surface area contributed by atoms with Crippen LogP contribution in [-0.2, 0) is 11.3 Å². The molecule has 0 bridgehead atoms. The molecule has 0 aromatic heterocycles. The van der Waals surface area contributed by atoms with E-state index in [0.29, 0.717) is 18.8 Å². The van der Waals surface area contributed by atoms with Crippen LogP contribution in [0.5, 0.6) is 0 Å². The van der Waals surface area contributed by atoms with Crippen molar-refractivity contribution < 1.29 is 4.74 Å². The Hall–Kier alpha value is -1.37. The minimum Gasteiger partial charge on any atom is -0.375 e. The fourth-order valence-electron chi connectivity index (χ4n) is 1.04. The van der Waals surface area contributed by atoms with Crippen molar-refractivity contribution in [1.29, 1.82) is 5.26 Å². The van der Waals surface area contributed by atoms with Crippen LogP contribution in [0, 0.1) is 11.3 Å². The number of ether oxygens (including phenoxy) is 1. The Morgan fingerprint density at radius 3 is 2.64 bits per heavy atom. The summed E-state index contributed by atoms with van der Waals surface area (Å²) in [6, 6.07) is 9.51. The maximum atomic E-state index is 8.59. The molecule has 0 saturated carbocycles. The van der Waals surface area contributed by atoms with Crippen LogP contribution < -0.4 is 5.32 Å². The number of hydrogen-bond acceptors (Lipinski definition) is 3. The SMILES string of the molecule is CNCCOCc1ccc(C#N)cc1. The average Bonchev–Trinajstić information content (AvgIpc) is 2.25. The third kappa shape index (κ3) is 3.56. The number of nitrogens with zero attached hydrogens (tertiary/aromatic N) is 1. The van der Waals surface area contributed by atoms with Crippen molar-refractivity contribution in [3.05, 3.63) is 35.4 Å². The van der Waals surface area contributed by atoms with Gasteiger partial charge in [-0.05, 0) is 24.7 Å². The molecule has 0 spiro atoms. The van der Waals surface area contributed by atoms with Gasteiger partial charge in [-0.1, -0.05) is 12.1 Å². The smallest absolute Gasteiger partial charge is 0.0991 e. The first-order valence-corrected chi connectivity index (χ1v) is 4.58. The lowest BCUT2D eigenvalue weighted by Gasteiger charge is -2.03. The summed E-state index contributed by atoms with van der Waals surface area (Å²) in [7, 11) is 1.89. The highest BCUT2D eigenvalue weighted by Gasteiger charge is 1.93. The maximum absolute atomic E-state index is 8.59. The fraction of sp³-hybridized carbons (Fsp3) is 0.364. The Balaban J connectivity index is 2.33. The van der Waals surface area contributed by atoms with Gasteiger partial charge in [0.05, 0.1) is 24.8 Å². The van der Waals surface area contributed by atoms with Gasteiger partial charge < -0.3 is 10.1 Å². The molecule has 0 amide bonds. The molecule has 0 saturated heterocycles. The quantitative estimate of drug-likeness (QED) is 0.712. The number of rotatable bonds is 5. The molecule has 0 atom stereocenters. The predicted octanol–water partition coefficient (Wildman–Crippen LogP) is 1.29. The summed E-state index contributed by atoms with van der Waals surface area (Å²) < 4.78 is 5.39. The lowest BCUT2D eigenvalue weighted by atomic mass is 10.2. The van der Waals surface area contributed by atoms with Gasteiger partial charge in [-0.15, -0.1) is 0 Å². The van der Waals surface area contributed by atoms with Crippen LogP contribution in [0.15, 0.2) is 24.3 Å². The molecule has 14 heavy (non-hydrogen) atoms. The Labute approximate surface area is 84.3 Å². The monoisotopic (exact) mass is 190 g/mol. The van der Waals surface area contributed by atoms with Gasteiger partial charge in [0, 0.05) is 6.54 Å². The van der Waals surface area contributed by atoms with E-state index in [-0.39, 0.29) is 0 Å². The molecule has 3 heteroatoms. The summed E-state index contributed by atoms with van der Waals surface area (Å²) in [5.74, 6) is 0. The lowest BCUT2D eigenvalue weighted by Crippen LogP contribution is -2.13. The number of nitriles is 1. The summed E-state index contributed by atoms with van der Waals surface area (Å²) in [4.78, 5) is 0. The van der Waals surface area contributed by atoms with E-state index in [1.54, 1.807) is 12.1 Å². The van der Waals surface area contributed by atoms with E-state index >= 15 is 0 Å². The fourth-order valence-corrected chi connectivity index (χ4v) is 1.04. The van der Waals surface area contributed by atoms with Gasteiger partial charge in [0.25, 0.3) is 0 Å². The zero-order valence-corrected chi connectivity index (χ0v) is 8.29. The highest BCUT2D eigenvalue weighted by molar-refractivity contribution is 5.31. The van der Waals surface area contributed by atoms with Crippen molar-refractivity contribution in [1.82, 2.24) is 5.32 Å². The number of benzene rings is 1. The third-order valence-corrected chi connectivity index (χ3v) is 1.85. The number of hydrogen-bond donors (Lipinski definition) is 1. The minimum atomic E-state index is 0.605. The predicted molar refractivity (Wildman–Crippen MR) is 54.7 cm³/mol. The topological polar surface area (TPSA) is 45.0 Å². The van der Waals surface area contributed by atoms with E-state index < -0.39 is 0 Å². The van der Waals surface area contributed by atoms with Gasteiger partial charge in [0.1, 0.15) is 0 Å². The van der Waals surface area contributed by atoms with E-state index in [2.05, 4.69) is 11.4 Å². The molecule has 0 radical (unpaired) electrons. The minimum absolute atomic E-state index is 0.605. The molecule has 3 nitrogen and oxygen atoms in total. The Bertz CT molecular complexity index is 300. The molecule has 0 fully saturated rings. The van der Waals surface area contributed by atoms with E-state index in [1.807, 2.05) is 19.2 Å². The van der Waals surface area contributed by atoms with Crippen molar-refractivity contribution in [2.45, 2.75) is 6.61 Å². The maximum Gasteiger partial charge on any atom is 0.0991 e. The van der Waals surface area contributed by atoms with Crippen molar-refractivity contribution in [3.8, 4) is 6.07 Å². The van der Waals surface area contributed by atoms with E-state index in [1.165, 1.54) is 0 Å². The molecule has 1 N–H and O–H groups in total. The van der Waals surface area contributed by atoms with E-state index in [0.717, 1.165) is 12.1 Å². The van der Waals surface area contributed by atoms with Crippen LogP contribution in [0.25, 0.3) is 0 Å². The van der Waals surface area contributed by atoms with Crippen LogP contribution in [0.2, 0.25) is 0 Å². The first-order valence-electron chi connectivity index (χ1n) is 4.58. The molecule has 74 valence electrons. The van der Waals surface area contributed by atoms with E-state index in [4.69, 9.17) is 10.00 Å². The molecule has 1 rings (SSSR count). The summed E-state index contributed by atoms with van der Waals surface area (Å²) in [6.07, 6.45) is 0. The van der Waals surface area contributed by atoms with Gasteiger partial charge in [-0.3, -0.25) is 0 Å². The zero-order chi connectivity index (χ0) is 10.2. The van der Waals surface area contributed by atoms with Crippen LogP contribution in [-0.4, -0.2) is 20.2 Å². The lowest BCUT2D eigenvalue weighted by molar-refractivity contribution is 0.124. The second kappa shape index (κ2) is 6.14. The molecule has 1 aromatic rings. The molecule has 0 aliphatic heterocycles. The van der Waals surface area contributed by atoms with Crippen molar-refractivity contribution >= 4 is 0 Å². The van der Waals surface area contributed by atoms with E-state index in [9.17, 15) is 0 Å². The third-order valence-electron chi connectivity index (χ3n) is 1.85. The Kier molecular flexibility index (Phi) is 4.70. The Morgan fingerprint density at radius 2 is 2.07 bits per heavy atom. The second-order valence-electron chi connectivity index (χ2n) is 2.96. The summed E-state index contributed by atoms with van der Waals surface area (Å²) in [6.45, 7) is 2.17. The van der Waals surface area contributed by atoms with Gasteiger partial charge in [0.15, 0.2) is 0 Å². The number of likely N-dealkylation sites (N-methyl/N-ethyl adjacent to an activating group) is 1. The largest absolute Gasteiger partial charge is 0.375 e. The molecule has 0 heterocycles. The van der Waals surface area contributed by atoms with Gasteiger partial charge >= 0.3 is 0 Å². The number of nitrogens with one attached hydrogen (secondary N) is 1. The standard InChI is InChI=1S/C11H14N2O/c1-13-6-7-14-9-11-4-2-10(8-12)3-5-11/h2-5,13H,6-7,9H2,1H3. The molecular weight excluding hydrogens is 176 g/mol. The molecular formula is C11H14N2O. The first-order chi connectivity index (χ1) is 6.86. The normalized spacial score (nSPS) is 9.71. The summed E-state index contributed by atoms with van der Waals surface area (Å²) >= 11 is 0. The zero-order valence-electron chi connectivity index (χ0n) is 8.29. The van der Waals surface area contributed by atoms with Gasteiger partial charge in [-0.25, -0.2) is 0 Å². The van der Waals surface area contributed by atoms with Crippen LogP contribution in [0.3, 0.4) is 0 Å². The van der Waals surface area contributed by atoms with Gasteiger partial charge in [0.2, 0.25) is 0 Å². The summed E-state index contributed by atoms with van der Waals surface area (Å²) in [5, 5.41) is 11.6. The van der Waals surface area contributed by atoms with Gasteiger partial charge in [-0.2, -0.15) is 5.26 Å². The first kappa shape index (κ1) is 10.7. The molecule has 0 unspecified atom stereocenters. The summed E-state index contributed by atoms with van der Waals surface area (Å²) in [5.41, 5.74) is 1.78. The highest BCUT2D eigenvalue weighted by atomic mass is 16.5. The van der Waals surface area contributed by atoms with Crippen molar-refractivity contribution in [2.75, 3.05) is 20.2 Å². The van der Waals surface area contributed by atoms with Crippen molar-refractivity contribution in [3.63, 3.8) is 0 Å². The molecule has 1 aromatic carbocycles.